The van der Waals surface area contributed by atoms with Gasteiger partial charge in [0.25, 0.3) is 5.56 Å². The van der Waals surface area contributed by atoms with Crippen LogP contribution in [0.2, 0.25) is 0 Å². The van der Waals surface area contributed by atoms with Gasteiger partial charge in [-0.15, -0.1) is 0 Å². The predicted octanol–water partition coefficient (Wildman–Crippen LogP) is 7.34. The van der Waals surface area contributed by atoms with Crippen LogP contribution in [-0.4, -0.2) is 27.7 Å². The molecule has 2 aromatic heterocycles. The van der Waals surface area contributed by atoms with Crippen LogP contribution in [0.3, 0.4) is 0 Å². The van der Waals surface area contributed by atoms with E-state index in [0.717, 1.165) is 104 Å². The summed E-state index contributed by atoms with van der Waals surface area (Å²) in [6.07, 6.45) is 12.6. The molecule has 0 saturated carbocycles. The number of fused-ring (bicyclic) bond motifs is 1. The fraction of sp³-hybridized carbons (Fsp3) is 0.618. The zero-order chi connectivity index (χ0) is 29.1. The summed E-state index contributed by atoms with van der Waals surface area (Å²) in [5, 5.41) is 5.27. The molecule has 0 radical (unpaired) electrons. The number of hydrogen-bond donors (Lipinski definition) is 1. The van der Waals surface area contributed by atoms with Crippen LogP contribution in [0.15, 0.2) is 28.0 Å². The number of nitrogens with zero attached hydrogens (tertiary/aromatic N) is 4. The highest BCUT2D eigenvalue weighted by Gasteiger charge is 2.17. The van der Waals surface area contributed by atoms with Crippen molar-refractivity contribution in [2.75, 3.05) is 18.0 Å². The Kier molecular flexibility index (Phi) is 12.5. The predicted molar refractivity (Wildman–Crippen MR) is 171 cm³/mol. The fourth-order valence-electron chi connectivity index (χ4n) is 5.63. The van der Waals surface area contributed by atoms with E-state index in [4.69, 9.17) is 9.98 Å². The Morgan fingerprint density at radius 3 is 2.27 bits per heavy atom. The molecular weight excluding hydrogens is 494 g/mol. The van der Waals surface area contributed by atoms with E-state index in [-0.39, 0.29) is 5.56 Å². The van der Waals surface area contributed by atoms with Crippen molar-refractivity contribution < 1.29 is 0 Å². The molecule has 6 nitrogen and oxygen atoms in total. The zero-order valence-corrected chi connectivity index (χ0v) is 26.3. The smallest absolute Gasteiger partial charge is 0.276 e. The Morgan fingerprint density at radius 1 is 0.925 bits per heavy atom. The summed E-state index contributed by atoms with van der Waals surface area (Å²) in [4.78, 5) is 26.7. The SMILES string of the molecule is CCCCCCCc1c(CCC)nc2c(=Nc3ccc(N(CC)CC)cc3C)/c(=C(/CC)CCCC)[nH]n2c1=O. The monoisotopic (exact) mass is 547 g/mol. The van der Waals surface area contributed by atoms with Crippen LogP contribution in [0.4, 0.5) is 11.4 Å². The van der Waals surface area contributed by atoms with Gasteiger partial charge in [0.05, 0.1) is 16.7 Å². The Morgan fingerprint density at radius 2 is 1.65 bits per heavy atom. The molecule has 0 spiro atoms. The molecule has 0 aliphatic heterocycles. The molecule has 1 N–H and O–H groups in total. The quantitative estimate of drug-likeness (QED) is 0.191. The number of anilines is 1. The molecule has 0 atom stereocenters. The number of nitrogens with one attached hydrogen (secondary N) is 1. The minimum atomic E-state index is 0.0474. The highest BCUT2D eigenvalue weighted by molar-refractivity contribution is 5.59. The van der Waals surface area contributed by atoms with Crippen LogP contribution in [0.5, 0.6) is 0 Å². The lowest BCUT2D eigenvalue weighted by Crippen LogP contribution is -2.26. The molecule has 0 bridgehead atoms. The third-order valence-corrected chi connectivity index (χ3v) is 8.11. The van der Waals surface area contributed by atoms with Gasteiger partial charge in [0.1, 0.15) is 5.36 Å². The standard InChI is InChI=1S/C34H53N5O/c1-8-14-16-17-18-21-28-30(19-10-3)36-33-32(31(37-39(33)34(28)40)26(11-4)20-15-9-2)35-29-23-22-27(24-25(29)7)38(12-5)13-6/h22-24,37H,8-21H2,1-7H3/b31-26+,35-32?. The first-order valence-corrected chi connectivity index (χ1v) is 16.0. The molecule has 0 fully saturated rings. The van der Waals surface area contributed by atoms with Crippen molar-refractivity contribution >= 4 is 22.6 Å². The van der Waals surface area contributed by atoms with Crippen LogP contribution in [0.1, 0.15) is 123 Å². The van der Waals surface area contributed by atoms with Gasteiger partial charge in [0, 0.05) is 24.3 Å². The lowest BCUT2D eigenvalue weighted by atomic mass is 10.0. The third-order valence-electron chi connectivity index (χ3n) is 8.11. The maximum atomic E-state index is 14.0. The maximum Gasteiger partial charge on any atom is 0.276 e. The summed E-state index contributed by atoms with van der Waals surface area (Å²) in [5.74, 6) is 0. The normalized spacial score (nSPS) is 12.9. The van der Waals surface area contributed by atoms with Gasteiger partial charge in [-0.05, 0) is 88.6 Å². The van der Waals surface area contributed by atoms with Gasteiger partial charge in [0.15, 0.2) is 5.65 Å². The van der Waals surface area contributed by atoms with Crippen LogP contribution in [0, 0.1) is 6.92 Å². The van der Waals surface area contributed by atoms with E-state index >= 15 is 0 Å². The minimum Gasteiger partial charge on any atom is -0.372 e. The molecular formula is C34H53N5O. The topological polar surface area (TPSA) is 65.8 Å². The number of aryl methyl sites for hydroxylation is 2. The largest absolute Gasteiger partial charge is 0.372 e. The Bertz CT molecular complexity index is 1410. The molecule has 0 aliphatic carbocycles. The van der Waals surface area contributed by atoms with Crippen molar-refractivity contribution in [1.82, 2.24) is 14.6 Å². The summed E-state index contributed by atoms with van der Waals surface area (Å²) >= 11 is 0. The van der Waals surface area contributed by atoms with Crippen molar-refractivity contribution in [3.8, 4) is 0 Å². The summed E-state index contributed by atoms with van der Waals surface area (Å²) in [7, 11) is 0. The molecule has 0 unspecified atom stereocenters. The van der Waals surface area contributed by atoms with E-state index < -0.39 is 0 Å². The number of aromatic amines is 1. The van der Waals surface area contributed by atoms with Crippen LogP contribution < -0.4 is 21.2 Å². The first-order valence-electron chi connectivity index (χ1n) is 16.0. The van der Waals surface area contributed by atoms with E-state index in [1.54, 1.807) is 4.52 Å². The van der Waals surface area contributed by atoms with Crippen LogP contribution in [-0.2, 0) is 12.8 Å². The lowest BCUT2D eigenvalue weighted by Gasteiger charge is -2.21. The molecule has 6 heteroatoms. The number of benzene rings is 1. The lowest BCUT2D eigenvalue weighted by molar-refractivity contribution is 0.625. The second kappa shape index (κ2) is 15.8. The van der Waals surface area contributed by atoms with Crippen molar-refractivity contribution in [3.05, 3.63) is 56.1 Å². The number of hydrogen-bond acceptors (Lipinski definition) is 4. The van der Waals surface area contributed by atoms with Crippen molar-refractivity contribution in [1.29, 1.82) is 0 Å². The number of unbranched alkanes of at least 4 members (excludes halogenated alkanes) is 5. The summed E-state index contributed by atoms with van der Waals surface area (Å²) in [5.41, 5.74) is 7.11. The van der Waals surface area contributed by atoms with Gasteiger partial charge < -0.3 is 4.90 Å². The van der Waals surface area contributed by atoms with Crippen LogP contribution >= 0.6 is 0 Å². The first-order chi connectivity index (χ1) is 19.4. The molecule has 0 saturated heterocycles. The molecule has 3 rings (SSSR count). The van der Waals surface area contributed by atoms with E-state index in [1.807, 2.05) is 0 Å². The average Bonchev–Trinajstić information content (AvgIpc) is 3.30. The molecule has 0 aliphatic rings. The zero-order valence-electron chi connectivity index (χ0n) is 26.3. The Labute approximate surface area is 241 Å². The van der Waals surface area contributed by atoms with Crippen LogP contribution in [0.25, 0.3) is 11.2 Å². The number of rotatable bonds is 16. The third kappa shape index (κ3) is 7.44. The van der Waals surface area contributed by atoms with Gasteiger partial charge in [-0.25, -0.2) is 9.98 Å². The maximum absolute atomic E-state index is 14.0. The average molecular weight is 548 g/mol. The first kappa shape index (κ1) is 31.6. The van der Waals surface area contributed by atoms with E-state index in [2.05, 4.69) is 76.7 Å². The molecule has 40 heavy (non-hydrogen) atoms. The molecule has 2 heterocycles. The van der Waals surface area contributed by atoms with Gasteiger partial charge in [-0.1, -0.05) is 66.2 Å². The summed E-state index contributed by atoms with van der Waals surface area (Å²) < 4.78 is 1.69. The number of aromatic nitrogens is 3. The summed E-state index contributed by atoms with van der Waals surface area (Å²) in [6, 6.07) is 6.50. The molecule has 0 amide bonds. The Balaban J connectivity index is 2.28. The van der Waals surface area contributed by atoms with Crippen molar-refractivity contribution in [3.63, 3.8) is 0 Å². The van der Waals surface area contributed by atoms with Gasteiger partial charge in [0.2, 0.25) is 0 Å². The van der Waals surface area contributed by atoms with Gasteiger partial charge >= 0.3 is 0 Å². The highest BCUT2D eigenvalue weighted by Crippen LogP contribution is 2.24. The van der Waals surface area contributed by atoms with E-state index in [0.29, 0.717) is 5.65 Å². The highest BCUT2D eigenvalue weighted by atomic mass is 16.1. The molecule has 220 valence electrons. The molecule has 3 aromatic rings. The number of H-pyrrole nitrogens is 1. The van der Waals surface area contributed by atoms with Gasteiger partial charge in [-0.3, -0.25) is 9.89 Å². The fourth-order valence-corrected chi connectivity index (χ4v) is 5.63. The Hall–Kier alpha value is -2.89. The second-order valence-corrected chi connectivity index (χ2v) is 11.1. The second-order valence-electron chi connectivity index (χ2n) is 11.1. The van der Waals surface area contributed by atoms with Crippen molar-refractivity contribution in [2.24, 2.45) is 4.99 Å². The van der Waals surface area contributed by atoms with E-state index in [1.165, 1.54) is 30.5 Å². The van der Waals surface area contributed by atoms with Crippen molar-refractivity contribution in [2.45, 2.75) is 126 Å². The van der Waals surface area contributed by atoms with E-state index in [9.17, 15) is 4.79 Å². The minimum absolute atomic E-state index is 0.0474. The summed E-state index contributed by atoms with van der Waals surface area (Å²) in [6.45, 7) is 17.3. The molecule has 1 aromatic carbocycles. The van der Waals surface area contributed by atoms with Gasteiger partial charge in [-0.2, -0.15) is 4.52 Å².